The van der Waals surface area contributed by atoms with Crippen molar-refractivity contribution in [3.8, 4) is 17.6 Å². The number of alkyl halides is 2. The first kappa shape index (κ1) is 20.3. The minimum atomic E-state index is -4.23. The van der Waals surface area contributed by atoms with Gasteiger partial charge in [-0.1, -0.05) is 0 Å². The molecule has 1 fully saturated rings. The number of hydrogen-bond acceptors (Lipinski definition) is 7. The smallest absolute Gasteiger partial charge is 0.367 e. The maximum absolute atomic E-state index is 15.0. The summed E-state index contributed by atoms with van der Waals surface area (Å²) < 4.78 is 83.9. The van der Waals surface area contributed by atoms with Gasteiger partial charge < -0.3 is 14.2 Å². The molecule has 0 atom stereocenters. The second-order valence-corrected chi connectivity index (χ2v) is 8.67. The van der Waals surface area contributed by atoms with Crippen LogP contribution in [0.15, 0.2) is 35.2 Å². The summed E-state index contributed by atoms with van der Waals surface area (Å²) in [7, 11) is -4.08. The Hall–Kier alpha value is -2.94. The Balaban J connectivity index is 1.98. The molecule has 11 heteroatoms. The van der Waals surface area contributed by atoms with Gasteiger partial charge in [-0.15, -0.1) is 0 Å². The zero-order valence-electron chi connectivity index (χ0n) is 15.2. The summed E-state index contributed by atoms with van der Waals surface area (Å²) in [5.74, 6) is -10.4. The molecule has 4 rings (SSSR count). The number of Topliss-reactive ketones (excluding diaryl/α,β-unsaturated/α-hetero) is 1. The van der Waals surface area contributed by atoms with Gasteiger partial charge >= 0.3 is 5.92 Å². The first-order valence-electron chi connectivity index (χ1n) is 8.48. The van der Waals surface area contributed by atoms with E-state index in [1.807, 2.05) is 0 Å². The monoisotopic (exact) mass is 439 g/mol. The Morgan fingerprint density at radius 3 is 2.43 bits per heavy atom. The second-order valence-electron chi connectivity index (χ2n) is 6.69. The van der Waals surface area contributed by atoms with Crippen LogP contribution in [0.4, 0.5) is 13.2 Å². The second kappa shape index (κ2) is 6.53. The molecule has 2 aromatic carbocycles. The van der Waals surface area contributed by atoms with Gasteiger partial charge in [-0.25, -0.2) is 12.8 Å². The van der Waals surface area contributed by atoms with Crippen molar-refractivity contribution in [1.82, 2.24) is 0 Å². The topological polar surface area (TPSA) is 103 Å². The molecule has 0 aromatic heterocycles. The van der Waals surface area contributed by atoms with E-state index in [-0.39, 0.29) is 24.5 Å². The molecule has 30 heavy (non-hydrogen) atoms. The average molecular weight is 439 g/mol. The number of sulfone groups is 1. The lowest BCUT2D eigenvalue weighted by Gasteiger charge is -2.29. The Morgan fingerprint density at radius 1 is 1.17 bits per heavy atom. The van der Waals surface area contributed by atoms with Crippen molar-refractivity contribution in [1.29, 1.82) is 5.26 Å². The first-order valence-corrected chi connectivity index (χ1v) is 10.4. The highest BCUT2D eigenvalue weighted by atomic mass is 32.2. The molecule has 2 aromatic rings. The number of ether oxygens (including phenoxy) is 3. The molecule has 0 unspecified atom stereocenters. The van der Waals surface area contributed by atoms with Gasteiger partial charge in [0, 0.05) is 12.3 Å². The molecule has 1 aliphatic heterocycles. The fraction of sp³-hybridized carbons (Fsp3) is 0.263. The summed E-state index contributed by atoms with van der Waals surface area (Å²) in [6.07, 6.45) is 0.790. The van der Waals surface area contributed by atoms with Gasteiger partial charge in [0.1, 0.15) is 17.3 Å². The van der Waals surface area contributed by atoms with Gasteiger partial charge in [-0.2, -0.15) is 14.0 Å². The summed E-state index contributed by atoms with van der Waals surface area (Å²) in [5, 5.41) is 8.96. The third-order valence-electron chi connectivity index (χ3n) is 4.71. The van der Waals surface area contributed by atoms with Crippen LogP contribution in [0.3, 0.4) is 0 Å². The van der Waals surface area contributed by atoms with Gasteiger partial charge in [0.25, 0.3) is 5.79 Å². The van der Waals surface area contributed by atoms with Crippen LogP contribution >= 0.6 is 0 Å². The SMILES string of the molecule is CS(=O)(=O)c1ccc(Oc2cc(F)cc(C#N)c2)c2c1C1(OCCO1)C(F)(F)C2=O. The molecule has 0 amide bonds. The van der Waals surface area contributed by atoms with E-state index in [0.29, 0.717) is 0 Å². The largest absolute Gasteiger partial charge is 0.456 e. The number of ketones is 1. The summed E-state index contributed by atoms with van der Waals surface area (Å²) in [4.78, 5) is 12.1. The van der Waals surface area contributed by atoms with E-state index in [1.54, 1.807) is 6.07 Å². The molecule has 0 N–H and O–H groups in total. The van der Waals surface area contributed by atoms with Crippen molar-refractivity contribution < 1.29 is 40.6 Å². The minimum absolute atomic E-state index is 0.106. The van der Waals surface area contributed by atoms with Crippen LogP contribution in [0.5, 0.6) is 11.5 Å². The number of fused-ring (bicyclic) bond motifs is 2. The fourth-order valence-electron chi connectivity index (χ4n) is 3.53. The van der Waals surface area contributed by atoms with Crippen LogP contribution in [0, 0.1) is 17.1 Å². The standard InChI is InChI=1S/C19H12F3NO6S/c1-30(25,26)14-3-2-13(29-12-7-10(9-23)6-11(20)8-12)15-16(14)19(27-4-5-28-19)18(21,22)17(15)24/h2-3,6-8H,4-5H2,1H3. The summed E-state index contributed by atoms with van der Waals surface area (Å²) >= 11 is 0. The molecule has 1 spiro atoms. The molecule has 2 aliphatic rings. The van der Waals surface area contributed by atoms with Gasteiger partial charge in [0.15, 0.2) is 9.84 Å². The maximum Gasteiger partial charge on any atom is 0.367 e. The summed E-state index contributed by atoms with van der Waals surface area (Å²) in [5.41, 5.74) is -1.51. The Labute approximate surface area is 168 Å². The molecule has 156 valence electrons. The van der Waals surface area contributed by atoms with Crippen molar-refractivity contribution in [3.05, 3.63) is 52.8 Å². The number of rotatable bonds is 3. The lowest BCUT2D eigenvalue weighted by molar-refractivity contribution is -0.271. The van der Waals surface area contributed by atoms with Gasteiger partial charge in [0.2, 0.25) is 5.78 Å². The quantitative estimate of drug-likeness (QED) is 0.725. The molecular weight excluding hydrogens is 427 g/mol. The normalized spacial score (nSPS) is 19.0. The Kier molecular flexibility index (Phi) is 4.43. The van der Waals surface area contributed by atoms with Crippen LogP contribution in [0.2, 0.25) is 0 Å². The third-order valence-corrected chi connectivity index (χ3v) is 5.84. The van der Waals surface area contributed by atoms with Crippen LogP contribution in [-0.2, 0) is 25.1 Å². The van der Waals surface area contributed by atoms with Crippen molar-refractivity contribution in [3.63, 3.8) is 0 Å². The highest BCUT2D eigenvalue weighted by Gasteiger charge is 2.72. The van der Waals surface area contributed by atoms with Gasteiger partial charge in [0.05, 0.1) is 40.9 Å². The Morgan fingerprint density at radius 2 is 1.83 bits per heavy atom. The molecule has 1 aliphatic carbocycles. The lowest BCUT2D eigenvalue weighted by atomic mass is 10.1. The minimum Gasteiger partial charge on any atom is -0.456 e. The number of carbonyl (C=O) groups excluding carboxylic acids is 1. The predicted octanol–water partition coefficient (Wildman–Crippen LogP) is 2.92. The van der Waals surface area contributed by atoms with E-state index >= 15 is 8.78 Å². The van der Waals surface area contributed by atoms with E-state index in [1.165, 1.54) is 0 Å². The van der Waals surface area contributed by atoms with Crippen molar-refractivity contribution in [2.75, 3.05) is 19.5 Å². The van der Waals surface area contributed by atoms with Crippen molar-refractivity contribution in [2.45, 2.75) is 16.6 Å². The molecule has 0 radical (unpaired) electrons. The molecule has 0 bridgehead atoms. The zero-order chi connectivity index (χ0) is 21.9. The van der Waals surface area contributed by atoms with E-state index in [4.69, 9.17) is 19.5 Å². The van der Waals surface area contributed by atoms with Crippen molar-refractivity contribution in [2.24, 2.45) is 0 Å². The van der Waals surface area contributed by atoms with E-state index in [2.05, 4.69) is 0 Å². The number of nitrogens with zero attached hydrogens (tertiary/aromatic N) is 1. The fourth-order valence-corrected chi connectivity index (χ4v) is 4.45. The first-order chi connectivity index (χ1) is 14.0. The van der Waals surface area contributed by atoms with E-state index in [9.17, 15) is 17.6 Å². The number of nitriles is 1. The van der Waals surface area contributed by atoms with Gasteiger partial charge in [-0.05, 0) is 24.3 Å². The van der Waals surface area contributed by atoms with Gasteiger partial charge in [-0.3, -0.25) is 4.79 Å². The van der Waals surface area contributed by atoms with Crippen LogP contribution in [-0.4, -0.2) is 39.6 Å². The highest BCUT2D eigenvalue weighted by molar-refractivity contribution is 7.90. The van der Waals surface area contributed by atoms with Crippen molar-refractivity contribution >= 4 is 15.6 Å². The van der Waals surface area contributed by atoms with Crippen LogP contribution < -0.4 is 4.74 Å². The number of carbonyl (C=O) groups is 1. The molecule has 0 saturated carbocycles. The molecule has 1 saturated heterocycles. The maximum atomic E-state index is 15.0. The molecular formula is C19H12F3NO6S. The molecule has 7 nitrogen and oxygen atoms in total. The highest BCUT2D eigenvalue weighted by Crippen LogP contribution is 2.57. The number of halogens is 3. The predicted molar refractivity (Wildman–Crippen MR) is 93.6 cm³/mol. The Bertz CT molecular complexity index is 1230. The lowest BCUT2D eigenvalue weighted by Crippen LogP contribution is -2.46. The van der Waals surface area contributed by atoms with Crippen LogP contribution in [0.1, 0.15) is 21.5 Å². The molecule has 1 heterocycles. The van der Waals surface area contributed by atoms with E-state index in [0.717, 1.165) is 36.6 Å². The zero-order valence-corrected chi connectivity index (χ0v) is 16.1. The number of benzene rings is 2. The number of hydrogen-bond donors (Lipinski definition) is 0. The third kappa shape index (κ3) is 2.79. The van der Waals surface area contributed by atoms with E-state index < -0.39 is 54.9 Å². The average Bonchev–Trinajstić information content (AvgIpc) is 3.22. The summed E-state index contributed by atoms with van der Waals surface area (Å²) in [6.45, 7) is -0.571. The summed E-state index contributed by atoms with van der Waals surface area (Å²) in [6, 6.07) is 6.65. The van der Waals surface area contributed by atoms with Crippen LogP contribution in [0.25, 0.3) is 0 Å².